The summed E-state index contributed by atoms with van der Waals surface area (Å²) in [5.74, 6) is 0.235. The normalized spacial score (nSPS) is 12.0. The summed E-state index contributed by atoms with van der Waals surface area (Å²) in [4.78, 5) is 24.2. The van der Waals surface area contributed by atoms with Crippen LogP contribution in [0.2, 0.25) is 0 Å². The van der Waals surface area contributed by atoms with Crippen molar-refractivity contribution in [1.82, 2.24) is 4.90 Å². The first-order chi connectivity index (χ1) is 8.86. The van der Waals surface area contributed by atoms with Crippen molar-refractivity contribution < 1.29 is 9.72 Å². The van der Waals surface area contributed by atoms with Gasteiger partial charge in [-0.15, -0.1) is 0 Å². The number of nitro groups is 1. The van der Waals surface area contributed by atoms with E-state index in [1.807, 2.05) is 22.6 Å². The predicted molar refractivity (Wildman–Crippen MR) is 82.2 cm³/mol. The second-order valence-corrected chi connectivity index (χ2v) is 5.78. The number of rotatable bonds is 5. The van der Waals surface area contributed by atoms with Crippen LogP contribution in [0.3, 0.4) is 0 Å². The predicted octanol–water partition coefficient (Wildman–Crippen LogP) is 3.32. The maximum absolute atomic E-state index is 12.3. The van der Waals surface area contributed by atoms with E-state index in [0.29, 0.717) is 18.0 Å². The second-order valence-electron chi connectivity index (χ2n) is 4.62. The summed E-state index contributed by atoms with van der Waals surface area (Å²) in [7, 11) is 1.73. The van der Waals surface area contributed by atoms with Gasteiger partial charge in [0.05, 0.1) is 10.5 Å². The zero-order valence-electron chi connectivity index (χ0n) is 11.2. The topological polar surface area (TPSA) is 63.5 Å². The Kier molecular flexibility index (Phi) is 5.71. The molecular formula is C13H17IN2O3. The molecule has 0 aliphatic rings. The summed E-state index contributed by atoms with van der Waals surface area (Å²) in [5.41, 5.74) is 0.335. The number of amides is 1. The molecule has 1 aromatic carbocycles. The molecule has 1 atom stereocenters. The highest BCUT2D eigenvalue weighted by atomic mass is 127. The van der Waals surface area contributed by atoms with Gasteiger partial charge in [0.15, 0.2) is 0 Å². The number of carbonyl (C=O) groups excluding carboxylic acids is 1. The lowest BCUT2D eigenvalue weighted by atomic mass is 10.1. The maximum atomic E-state index is 12.3. The van der Waals surface area contributed by atoms with Gasteiger partial charge in [-0.25, -0.2) is 0 Å². The molecule has 1 unspecified atom stereocenters. The third-order valence-electron chi connectivity index (χ3n) is 3.02. The van der Waals surface area contributed by atoms with Crippen LogP contribution in [-0.4, -0.2) is 29.3 Å². The summed E-state index contributed by atoms with van der Waals surface area (Å²) in [6.45, 7) is 4.79. The van der Waals surface area contributed by atoms with E-state index in [0.717, 1.165) is 9.99 Å². The standard InChI is InChI=1S/C13H17IN2O3/c1-4-9(2)8-15(3)13(17)11-7-10(16(18)19)5-6-12(11)14/h5-7,9H,4,8H2,1-3H3. The fraction of sp³-hybridized carbons (Fsp3) is 0.462. The quantitative estimate of drug-likeness (QED) is 0.450. The Morgan fingerprint density at radius 3 is 2.68 bits per heavy atom. The number of benzene rings is 1. The molecule has 0 fully saturated rings. The van der Waals surface area contributed by atoms with Gasteiger partial charge in [-0.2, -0.15) is 0 Å². The molecule has 19 heavy (non-hydrogen) atoms. The van der Waals surface area contributed by atoms with Gasteiger partial charge in [-0.3, -0.25) is 14.9 Å². The lowest BCUT2D eigenvalue weighted by Crippen LogP contribution is -2.31. The summed E-state index contributed by atoms with van der Waals surface area (Å²) >= 11 is 2.02. The molecule has 104 valence electrons. The van der Waals surface area contributed by atoms with Crippen LogP contribution in [0.15, 0.2) is 18.2 Å². The van der Waals surface area contributed by atoms with Crippen molar-refractivity contribution in [3.63, 3.8) is 0 Å². The average molecular weight is 376 g/mol. The molecule has 0 spiro atoms. The highest BCUT2D eigenvalue weighted by molar-refractivity contribution is 14.1. The number of carbonyl (C=O) groups is 1. The van der Waals surface area contributed by atoms with Crippen LogP contribution in [0.1, 0.15) is 30.6 Å². The Labute approximate surface area is 126 Å². The summed E-state index contributed by atoms with van der Waals surface area (Å²) in [6.07, 6.45) is 0.990. The van der Waals surface area contributed by atoms with Crippen LogP contribution >= 0.6 is 22.6 Å². The summed E-state index contributed by atoms with van der Waals surface area (Å²) in [5, 5.41) is 10.8. The molecule has 6 heteroatoms. The minimum atomic E-state index is -0.485. The number of hydrogen-bond donors (Lipinski definition) is 0. The van der Waals surface area contributed by atoms with E-state index >= 15 is 0 Å². The molecule has 1 amide bonds. The minimum Gasteiger partial charge on any atom is -0.341 e. The van der Waals surface area contributed by atoms with Crippen molar-refractivity contribution in [2.45, 2.75) is 20.3 Å². The lowest BCUT2D eigenvalue weighted by molar-refractivity contribution is -0.384. The number of nitro benzene ring substituents is 1. The van der Waals surface area contributed by atoms with Gasteiger partial charge in [0.25, 0.3) is 11.6 Å². The van der Waals surface area contributed by atoms with E-state index in [1.165, 1.54) is 12.1 Å². The van der Waals surface area contributed by atoms with Gasteiger partial charge in [0, 0.05) is 29.3 Å². The van der Waals surface area contributed by atoms with E-state index in [9.17, 15) is 14.9 Å². The zero-order valence-corrected chi connectivity index (χ0v) is 13.4. The molecule has 0 heterocycles. The molecular weight excluding hydrogens is 359 g/mol. The summed E-state index contributed by atoms with van der Waals surface area (Å²) < 4.78 is 0.726. The van der Waals surface area contributed by atoms with Gasteiger partial charge < -0.3 is 4.90 Å². The van der Waals surface area contributed by atoms with Gasteiger partial charge in [0.2, 0.25) is 0 Å². The molecule has 0 bridgehead atoms. The molecule has 0 N–H and O–H groups in total. The van der Waals surface area contributed by atoms with E-state index in [-0.39, 0.29) is 11.6 Å². The third kappa shape index (κ3) is 4.15. The molecule has 1 aromatic rings. The largest absolute Gasteiger partial charge is 0.341 e. The second kappa shape index (κ2) is 6.83. The highest BCUT2D eigenvalue weighted by Crippen LogP contribution is 2.21. The smallest absolute Gasteiger partial charge is 0.270 e. The van der Waals surface area contributed by atoms with Crippen LogP contribution in [0.25, 0.3) is 0 Å². The van der Waals surface area contributed by atoms with Crippen molar-refractivity contribution in [2.75, 3.05) is 13.6 Å². The van der Waals surface area contributed by atoms with Gasteiger partial charge in [-0.05, 0) is 34.6 Å². The van der Waals surface area contributed by atoms with E-state index in [4.69, 9.17) is 0 Å². The van der Waals surface area contributed by atoms with Crippen molar-refractivity contribution in [1.29, 1.82) is 0 Å². The minimum absolute atomic E-state index is 0.0549. The Hall–Kier alpha value is -1.18. The van der Waals surface area contributed by atoms with E-state index in [2.05, 4.69) is 13.8 Å². The van der Waals surface area contributed by atoms with Gasteiger partial charge in [-0.1, -0.05) is 20.3 Å². The fourth-order valence-electron chi connectivity index (χ4n) is 1.68. The molecule has 0 aliphatic carbocycles. The number of non-ortho nitro benzene ring substituents is 1. The monoisotopic (exact) mass is 376 g/mol. The van der Waals surface area contributed by atoms with Crippen LogP contribution < -0.4 is 0 Å². The van der Waals surface area contributed by atoms with Crippen molar-refractivity contribution >= 4 is 34.2 Å². The Morgan fingerprint density at radius 1 is 1.53 bits per heavy atom. The van der Waals surface area contributed by atoms with Crippen molar-refractivity contribution in [2.24, 2.45) is 5.92 Å². The van der Waals surface area contributed by atoms with Crippen molar-refractivity contribution in [3.05, 3.63) is 37.4 Å². The van der Waals surface area contributed by atoms with Gasteiger partial charge >= 0.3 is 0 Å². The zero-order chi connectivity index (χ0) is 14.6. The summed E-state index contributed by atoms with van der Waals surface area (Å²) in [6, 6.07) is 4.35. The number of halogens is 1. The highest BCUT2D eigenvalue weighted by Gasteiger charge is 2.19. The van der Waals surface area contributed by atoms with Gasteiger partial charge in [0.1, 0.15) is 0 Å². The molecule has 0 saturated heterocycles. The molecule has 0 radical (unpaired) electrons. The average Bonchev–Trinajstić information content (AvgIpc) is 2.37. The Bertz CT molecular complexity index is 491. The molecule has 1 rings (SSSR count). The van der Waals surface area contributed by atoms with Crippen LogP contribution in [0.4, 0.5) is 5.69 Å². The molecule has 0 saturated carbocycles. The Balaban J connectivity index is 2.98. The number of nitrogens with zero attached hydrogens (tertiary/aromatic N) is 2. The SMILES string of the molecule is CCC(C)CN(C)C(=O)c1cc([N+](=O)[O-])ccc1I. The molecule has 0 aromatic heterocycles. The van der Waals surface area contributed by atoms with E-state index in [1.54, 1.807) is 18.0 Å². The third-order valence-corrected chi connectivity index (χ3v) is 3.96. The van der Waals surface area contributed by atoms with Crippen molar-refractivity contribution in [3.8, 4) is 0 Å². The van der Waals surface area contributed by atoms with Crippen LogP contribution in [0.5, 0.6) is 0 Å². The first-order valence-electron chi connectivity index (χ1n) is 6.06. The Morgan fingerprint density at radius 2 is 2.16 bits per heavy atom. The van der Waals surface area contributed by atoms with Crippen LogP contribution in [-0.2, 0) is 0 Å². The lowest BCUT2D eigenvalue weighted by Gasteiger charge is -2.21. The molecule has 5 nitrogen and oxygen atoms in total. The van der Waals surface area contributed by atoms with Crippen LogP contribution in [0, 0.1) is 19.6 Å². The first kappa shape index (κ1) is 15.9. The van der Waals surface area contributed by atoms with E-state index < -0.39 is 4.92 Å². The fourth-order valence-corrected chi connectivity index (χ4v) is 2.24. The first-order valence-corrected chi connectivity index (χ1v) is 7.14. The molecule has 0 aliphatic heterocycles. The maximum Gasteiger partial charge on any atom is 0.270 e. The number of hydrogen-bond acceptors (Lipinski definition) is 3.